The lowest BCUT2D eigenvalue weighted by molar-refractivity contribution is 0.915. The smallest absolute Gasteiger partial charge is 0.267 e. The van der Waals surface area contributed by atoms with Crippen LogP contribution in [0.25, 0.3) is 22.4 Å². The predicted octanol–water partition coefficient (Wildman–Crippen LogP) is 3.21. The summed E-state index contributed by atoms with van der Waals surface area (Å²) >= 11 is 0. The molecule has 0 aliphatic rings. The van der Waals surface area contributed by atoms with Gasteiger partial charge in [0, 0.05) is 6.42 Å². The highest BCUT2D eigenvalue weighted by atomic mass is 16.1. The Kier molecular flexibility index (Phi) is 3.23. The van der Waals surface area contributed by atoms with Crippen LogP contribution in [0, 0.1) is 13.8 Å². The fraction of sp³-hybridized carbons (Fsp3) is 0.211. The maximum atomic E-state index is 13.2. The minimum absolute atomic E-state index is 0.0677. The third-order valence-corrected chi connectivity index (χ3v) is 4.41. The zero-order valence-electron chi connectivity index (χ0n) is 13.9. The van der Waals surface area contributed by atoms with Gasteiger partial charge < -0.3 is 0 Å². The van der Waals surface area contributed by atoms with Crippen molar-refractivity contribution in [1.82, 2.24) is 19.2 Å². The molecule has 0 amide bonds. The van der Waals surface area contributed by atoms with E-state index >= 15 is 0 Å². The number of hydrogen-bond donors (Lipinski definition) is 0. The van der Waals surface area contributed by atoms with Crippen molar-refractivity contribution in [2.75, 3.05) is 0 Å². The Labute approximate surface area is 139 Å². The Morgan fingerprint density at radius 3 is 2.62 bits per heavy atom. The third-order valence-electron chi connectivity index (χ3n) is 4.41. The normalized spacial score (nSPS) is 11.5. The summed E-state index contributed by atoms with van der Waals surface area (Å²) in [5, 5.41) is 9.29. The highest BCUT2D eigenvalue weighted by Gasteiger charge is 2.17. The first-order valence-electron chi connectivity index (χ1n) is 8.07. The highest BCUT2D eigenvalue weighted by Crippen LogP contribution is 2.20. The van der Waals surface area contributed by atoms with Crippen LogP contribution in [0.4, 0.5) is 0 Å². The highest BCUT2D eigenvalue weighted by molar-refractivity contribution is 5.81. The standard InChI is InChI=1S/C19H18N4O/c1-4-17-20-21-19-22(17)15-8-6-5-7-14(15)18(24)23(19)16-11-12(2)9-10-13(16)3/h5-11H,4H2,1-3H3. The molecule has 2 aromatic carbocycles. The largest absolute Gasteiger partial charge is 0.268 e. The average Bonchev–Trinajstić information content (AvgIpc) is 3.02. The lowest BCUT2D eigenvalue weighted by Gasteiger charge is -2.13. The summed E-state index contributed by atoms with van der Waals surface area (Å²) in [6.07, 6.45) is 0.746. The van der Waals surface area contributed by atoms with Crippen molar-refractivity contribution < 1.29 is 0 Å². The second-order valence-corrected chi connectivity index (χ2v) is 6.05. The Morgan fingerprint density at radius 1 is 1.04 bits per heavy atom. The van der Waals surface area contributed by atoms with E-state index in [0.29, 0.717) is 11.2 Å². The number of aryl methyl sites for hydroxylation is 3. The molecule has 0 N–H and O–H groups in total. The summed E-state index contributed by atoms with van der Waals surface area (Å²) < 4.78 is 3.66. The van der Waals surface area contributed by atoms with E-state index in [9.17, 15) is 4.79 Å². The Bertz CT molecular complexity index is 1140. The summed E-state index contributed by atoms with van der Waals surface area (Å²) in [5.41, 5.74) is 3.76. The van der Waals surface area contributed by atoms with E-state index in [1.165, 1.54) is 0 Å². The van der Waals surface area contributed by atoms with Gasteiger partial charge in [-0.15, -0.1) is 10.2 Å². The van der Waals surface area contributed by atoms with E-state index in [-0.39, 0.29) is 5.56 Å². The number of aromatic nitrogens is 4. The van der Waals surface area contributed by atoms with Crippen LogP contribution in [0.2, 0.25) is 0 Å². The summed E-state index contributed by atoms with van der Waals surface area (Å²) in [6.45, 7) is 6.07. The quantitative estimate of drug-likeness (QED) is 0.570. The summed E-state index contributed by atoms with van der Waals surface area (Å²) in [5.74, 6) is 1.41. The number of benzene rings is 2. The average molecular weight is 318 g/mol. The lowest BCUT2D eigenvalue weighted by atomic mass is 10.1. The van der Waals surface area contributed by atoms with Crippen LogP contribution < -0.4 is 5.56 Å². The molecule has 5 heteroatoms. The summed E-state index contributed by atoms with van der Waals surface area (Å²) in [4.78, 5) is 13.2. The monoisotopic (exact) mass is 318 g/mol. The van der Waals surface area contributed by atoms with Gasteiger partial charge in [-0.2, -0.15) is 0 Å². The molecular weight excluding hydrogens is 300 g/mol. The van der Waals surface area contributed by atoms with E-state index in [4.69, 9.17) is 0 Å². The van der Waals surface area contributed by atoms with Gasteiger partial charge in [0.15, 0.2) is 0 Å². The van der Waals surface area contributed by atoms with Crippen LogP contribution >= 0.6 is 0 Å². The van der Waals surface area contributed by atoms with E-state index < -0.39 is 0 Å². The minimum atomic E-state index is -0.0677. The summed E-state index contributed by atoms with van der Waals surface area (Å²) in [7, 11) is 0. The van der Waals surface area contributed by atoms with Crippen molar-refractivity contribution in [1.29, 1.82) is 0 Å². The number of nitrogens with zero attached hydrogens (tertiary/aromatic N) is 4. The molecule has 2 heterocycles. The SMILES string of the molecule is CCc1nnc2n(-c3cc(C)ccc3C)c(=O)c3ccccc3n12. The van der Waals surface area contributed by atoms with Crippen molar-refractivity contribution in [2.24, 2.45) is 0 Å². The maximum absolute atomic E-state index is 13.2. The van der Waals surface area contributed by atoms with E-state index in [1.54, 1.807) is 4.57 Å². The molecule has 0 fully saturated rings. The van der Waals surface area contributed by atoms with Gasteiger partial charge in [0.05, 0.1) is 16.6 Å². The molecule has 120 valence electrons. The second kappa shape index (κ2) is 5.30. The van der Waals surface area contributed by atoms with Crippen molar-refractivity contribution >= 4 is 16.7 Å². The lowest BCUT2D eigenvalue weighted by Crippen LogP contribution is -2.22. The number of para-hydroxylation sites is 1. The maximum Gasteiger partial charge on any atom is 0.267 e. The van der Waals surface area contributed by atoms with Crippen molar-refractivity contribution in [3.8, 4) is 5.69 Å². The van der Waals surface area contributed by atoms with Crippen LogP contribution in [0.1, 0.15) is 23.9 Å². The zero-order valence-corrected chi connectivity index (χ0v) is 13.9. The molecule has 0 radical (unpaired) electrons. The number of rotatable bonds is 2. The first-order valence-corrected chi connectivity index (χ1v) is 8.07. The van der Waals surface area contributed by atoms with E-state index in [0.717, 1.165) is 34.6 Å². The van der Waals surface area contributed by atoms with Gasteiger partial charge in [-0.25, -0.2) is 4.57 Å². The topological polar surface area (TPSA) is 52.2 Å². The molecule has 4 aromatic rings. The molecule has 0 spiro atoms. The molecule has 0 atom stereocenters. The molecule has 0 saturated heterocycles. The molecule has 0 aliphatic heterocycles. The molecule has 5 nitrogen and oxygen atoms in total. The molecule has 0 unspecified atom stereocenters. The first kappa shape index (κ1) is 14.6. The van der Waals surface area contributed by atoms with Gasteiger partial charge in [-0.1, -0.05) is 31.2 Å². The first-order chi connectivity index (χ1) is 11.6. The molecule has 24 heavy (non-hydrogen) atoms. The van der Waals surface area contributed by atoms with Gasteiger partial charge in [0.25, 0.3) is 5.56 Å². The Balaban J connectivity index is 2.27. The molecular formula is C19H18N4O. The second-order valence-electron chi connectivity index (χ2n) is 6.05. The zero-order chi connectivity index (χ0) is 16.8. The van der Waals surface area contributed by atoms with Gasteiger partial charge in [-0.05, 0) is 43.2 Å². The van der Waals surface area contributed by atoms with Gasteiger partial charge >= 0.3 is 0 Å². The van der Waals surface area contributed by atoms with Gasteiger partial charge in [0.1, 0.15) is 5.82 Å². The molecule has 0 aliphatic carbocycles. The van der Waals surface area contributed by atoms with Crippen molar-refractivity contribution in [2.45, 2.75) is 27.2 Å². The summed E-state index contributed by atoms with van der Waals surface area (Å²) in [6, 6.07) is 13.7. The minimum Gasteiger partial charge on any atom is -0.268 e. The van der Waals surface area contributed by atoms with E-state index in [1.807, 2.05) is 67.6 Å². The predicted molar refractivity (Wildman–Crippen MR) is 94.9 cm³/mol. The molecule has 2 aromatic heterocycles. The fourth-order valence-electron chi connectivity index (χ4n) is 3.17. The number of fused-ring (bicyclic) bond motifs is 3. The van der Waals surface area contributed by atoms with Gasteiger partial charge in [0.2, 0.25) is 5.78 Å². The molecule has 4 rings (SSSR count). The fourth-order valence-corrected chi connectivity index (χ4v) is 3.17. The van der Waals surface area contributed by atoms with E-state index in [2.05, 4.69) is 10.2 Å². The van der Waals surface area contributed by atoms with Crippen LogP contribution in [-0.2, 0) is 6.42 Å². The third kappa shape index (κ3) is 1.98. The molecule has 0 bridgehead atoms. The van der Waals surface area contributed by atoms with Crippen LogP contribution in [0.5, 0.6) is 0 Å². The Morgan fingerprint density at radius 2 is 1.83 bits per heavy atom. The Hall–Kier alpha value is -2.95. The van der Waals surface area contributed by atoms with Crippen LogP contribution in [0.3, 0.4) is 0 Å². The molecule has 0 saturated carbocycles. The van der Waals surface area contributed by atoms with Crippen LogP contribution in [-0.4, -0.2) is 19.2 Å². The van der Waals surface area contributed by atoms with Crippen molar-refractivity contribution in [3.05, 3.63) is 69.8 Å². The number of hydrogen-bond acceptors (Lipinski definition) is 3. The van der Waals surface area contributed by atoms with Gasteiger partial charge in [-0.3, -0.25) is 9.20 Å². The van der Waals surface area contributed by atoms with Crippen molar-refractivity contribution in [3.63, 3.8) is 0 Å². The van der Waals surface area contributed by atoms with Crippen LogP contribution in [0.15, 0.2) is 47.3 Å².